The topological polar surface area (TPSA) is 63.5 Å². The van der Waals surface area contributed by atoms with E-state index in [1.54, 1.807) is 6.33 Å². The highest BCUT2D eigenvalue weighted by Gasteiger charge is 2.30. The first-order valence-corrected chi connectivity index (χ1v) is 15.5. The Labute approximate surface area is 249 Å². The Morgan fingerprint density at radius 3 is 2.29 bits per heavy atom. The second-order valence-corrected chi connectivity index (χ2v) is 11.6. The normalized spacial score (nSPS) is 16.6. The summed E-state index contributed by atoms with van der Waals surface area (Å²) in [5.41, 5.74) is 4.57. The average molecular weight is 564 g/mol. The van der Waals surface area contributed by atoms with Crippen LogP contribution >= 0.6 is 0 Å². The van der Waals surface area contributed by atoms with Gasteiger partial charge in [0.25, 0.3) is 5.91 Å². The van der Waals surface area contributed by atoms with Gasteiger partial charge in [0.15, 0.2) is 6.61 Å². The second kappa shape index (κ2) is 13.7. The van der Waals surface area contributed by atoms with Crippen molar-refractivity contribution in [3.05, 3.63) is 102 Å². The third-order valence-electron chi connectivity index (χ3n) is 8.36. The number of para-hydroxylation sites is 3. The third kappa shape index (κ3) is 7.01. The first-order chi connectivity index (χ1) is 20.8. The van der Waals surface area contributed by atoms with Crippen LogP contribution in [0.5, 0.6) is 5.75 Å². The maximum Gasteiger partial charge on any atom is 0.260 e. The molecule has 1 aliphatic carbocycles. The number of hydrogen-bond donors (Lipinski definition) is 0. The van der Waals surface area contributed by atoms with Gasteiger partial charge in [-0.25, -0.2) is 0 Å². The van der Waals surface area contributed by atoms with E-state index < -0.39 is 0 Å². The number of aromatic nitrogens is 3. The number of rotatable bonds is 7. The Balaban J connectivity index is 1.21. The molecule has 0 spiro atoms. The SMILES string of the molecule is O=C(COc1ccccc1-n1cnnc1C1CC1)N1CCCCCCCCN(Cc2ccccc2)c2ccccc2C1. The monoisotopic (exact) mass is 563 g/mol. The number of carbonyl (C=O) groups excluding carboxylic acids is 1. The highest BCUT2D eigenvalue weighted by Crippen LogP contribution is 2.40. The van der Waals surface area contributed by atoms with Crippen LogP contribution in [0.15, 0.2) is 85.2 Å². The number of ether oxygens (including phenoxy) is 1. The van der Waals surface area contributed by atoms with Crippen molar-refractivity contribution in [3.8, 4) is 11.4 Å². The van der Waals surface area contributed by atoms with Gasteiger partial charge in [0.2, 0.25) is 0 Å². The minimum Gasteiger partial charge on any atom is -0.482 e. The summed E-state index contributed by atoms with van der Waals surface area (Å²) in [4.78, 5) is 18.3. The number of hydrogen-bond acceptors (Lipinski definition) is 5. The van der Waals surface area contributed by atoms with Gasteiger partial charge in [-0.3, -0.25) is 9.36 Å². The van der Waals surface area contributed by atoms with Crippen LogP contribution in [0.3, 0.4) is 0 Å². The second-order valence-electron chi connectivity index (χ2n) is 11.6. The van der Waals surface area contributed by atoms with Crippen molar-refractivity contribution in [2.24, 2.45) is 0 Å². The molecule has 0 unspecified atom stereocenters. The van der Waals surface area contributed by atoms with Gasteiger partial charge in [0.05, 0.1) is 5.69 Å². The molecule has 42 heavy (non-hydrogen) atoms. The Morgan fingerprint density at radius 1 is 0.786 bits per heavy atom. The van der Waals surface area contributed by atoms with Crippen LogP contribution < -0.4 is 9.64 Å². The lowest BCUT2D eigenvalue weighted by Gasteiger charge is -2.30. The highest BCUT2D eigenvalue weighted by molar-refractivity contribution is 5.78. The number of fused-ring (bicyclic) bond motifs is 1. The summed E-state index contributed by atoms with van der Waals surface area (Å²) in [6.45, 7) is 3.16. The minimum absolute atomic E-state index is 0.00615. The van der Waals surface area contributed by atoms with Crippen LogP contribution in [0.25, 0.3) is 5.69 Å². The van der Waals surface area contributed by atoms with E-state index in [-0.39, 0.29) is 12.5 Å². The number of nitrogens with zero attached hydrogens (tertiary/aromatic N) is 5. The van der Waals surface area contributed by atoms with Crippen molar-refractivity contribution in [1.29, 1.82) is 0 Å². The van der Waals surface area contributed by atoms with Gasteiger partial charge in [0.1, 0.15) is 17.9 Å². The molecular weight excluding hydrogens is 522 g/mol. The van der Waals surface area contributed by atoms with Crippen molar-refractivity contribution in [3.63, 3.8) is 0 Å². The summed E-state index contributed by atoms with van der Waals surface area (Å²) >= 11 is 0. The molecule has 6 rings (SSSR count). The predicted molar refractivity (Wildman–Crippen MR) is 166 cm³/mol. The molecular formula is C35H41N5O2. The molecule has 0 bridgehead atoms. The fourth-order valence-corrected chi connectivity index (χ4v) is 5.91. The van der Waals surface area contributed by atoms with Crippen molar-refractivity contribution < 1.29 is 9.53 Å². The van der Waals surface area contributed by atoms with Crippen LogP contribution in [0.2, 0.25) is 0 Å². The van der Waals surface area contributed by atoms with E-state index in [1.807, 2.05) is 33.7 Å². The van der Waals surface area contributed by atoms with Gasteiger partial charge >= 0.3 is 0 Å². The van der Waals surface area contributed by atoms with E-state index in [9.17, 15) is 4.79 Å². The highest BCUT2D eigenvalue weighted by atomic mass is 16.5. The number of benzene rings is 3. The number of anilines is 1. The van der Waals surface area contributed by atoms with E-state index in [0.717, 1.165) is 56.8 Å². The van der Waals surface area contributed by atoms with Crippen molar-refractivity contribution in [1.82, 2.24) is 19.7 Å². The summed E-state index contributed by atoms with van der Waals surface area (Å²) in [6.07, 6.45) is 11.0. The molecule has 4 aromatic rings. The lowest BCUT2D eigenvalue weighted by Crippen LogP contribution is -2.36. The van der Waals surface area contributed by atoms with E-state index in [1.165, 1.54) is 42.5 Å². The molecule has 1 saturated carbocycles. The maximum absolute atomic E-state index is 13.8. The van der Waals surface area contributed by atoms with Crippen LogP contribution in [-0.4, -0.2) is 45.3 Å². The summed E-state index contributed by atoms with van der Waals surface area (Å²) in [5, 5.41) is 8.51. The Bertz CT molecular complexity index is 1450. The zero-order valence-corrected chi connectivity index (χ0v) is 24.4. The van der Waals surface area contributed by atoms with E-state index >= 15 is 0 Å². The molecule has 1 amide bonds. The van der Waals surface area contributed by atoms with Crippen LogP contribution in [0, 0.1) is 0 Å². The first-order valence-electron chi connectivity index (χ1n) is 15.5. The van der Waals surface area contributed by atoms with E-state index in [2.05, 4.69) is 69.7 Å². The molecule has 0 saturated heterocycles. The number of carbonyl (C=O) groups is 1. The smallest absolute Gasteiger partial charge is 0.260 e. The predicted octanol–water partition coefficient (Wildman–Crippen LogP) is 6.91. The van der Waals surface area contributed by atoms with Gasteiger partial charge in [-0.1, -0.05) is 86.3 Å². The molecule has 0 radical (unpaired) electrons. The molecule has 2 heterocycles. The quantitative estimate of drug-likeness (QED) is 0.244. The van der Waals surface area contributed by atoms with Gasteiger partial charge in [-0.2, -0.15) is 0 Å². The zero-order chi connectivity index (χ0) is 28.6. The summed E-state index contributed by atoms with van der Waals surface area (Å²) in [5.74, 6) is 2.10. The van der Waals surface area contributed by atoms with E-state index in [0.29, 0.717) is 18.2 Å². The van der Waals surface area contributed by atoms with Gasteiger partial charge < -0.3 is 14.5 Å². The van der Waals surface area contributed by atoms with Crippen molar-refractivity contribution in [2.75, 3.05) is 24.6 Å². The van der Waals surface area contributed by atoms with Gasteiger partial charge in [0, 0.05) is 37.8 Å². The lowest BCUT2D eigenvalue weighted by molar-refractivity contribution is -0.134. The fourth-order valence-electron chi connectivity index (χ4n) is 5.91. The third-order valence-corrected chi connectivity index (χ3v) is 8.36. The zero-order valence-electron chi connectivity index (χ0n) is 24.4. The number of amides is 1. The molecule has 1 aromatic heterocycles. The Kier molecular flexibility index (Phi) is 9.13. The summed E-state index contributed by atoms with van der Waals surface area (Å²) < 4.78 is 8.24. The fraction of sp³-hybridized carbons (Fsp3) is 0.400. The van der Waals surface area contributed by atoms with Crippen molar-refractivity contribution >= 4 is 11.6 Å². The van der Waals surface area contributed by atoms with Crippen LogP contribution in [0.4, 0.5) is 5.69 Å². The van der Waals surface area contributed by atoms with Crippen molar-refractivity contribution in [2.45, 2.75) is 70.4 Å². The summed E-state index contributed by atoms with van der Waals surface area (Å²) in [6, 6.07) is 27.1. The molecule has 2 aliphatic rings. The molecule has 0 atom stereocenters. The molecule has 218 valence electrons. The first kappa shape index (κ1) is 28.0. The maximum atomic E-state index is 13.8. The van der Waals surface area contributed by atoms with E-state index in [4.69, 9.17) is 4.74 Å². The Morgan fingerprint density at radius 2 is 1.48 bits per heavy atom. The summed E-state index contributed by atoms with van der Waals surface area (Å²) in [7, 11) is 0. The molecule has 1 fully saturated rings. The molecule has 3 aromatic carbocycles. The van der Waals surface area contributed by atoms with Gasteiger partial charge in [-0.15, -0.1) is 10.2 Å². The molecule has 7 nitrogen and oxygen atoms in total. The minimum atomic E-state index is -0.00615. The standard InChI is InChI=1S/C35H41N5O2/c41-34(26-42-33-19-11-10-18-32(33)40-27-36-37-35(40)29-20-21-29)39-23-13-4-2-1-3-12-22-38(24-28-14-6-5-7-15-28)31-17-9-8-16-30(31)25-39/h5-11,14-19,27,29H,1-4,12-13,20-26H2. The molecule has 7 heteroatoms. The van der Waals surface area contributed by atoms with Crippen LogP contribution in [-0.2, 0) is 17.9 Å². The molecule has 0 N–H and O–H groups in total. The largest absolute Gasteiger partial charge is 0.482 e. The lowest BCUT2D eigenvalue weighted by atomic mass is 10.1. The average Bonchev–Trinajstić information content (AvgIpc) is 3.76. The van der Waals surface area contributed by atoms with Crippen LogP contribution in [0.1, 0.15) is 74.2 Å². The van der Waals surface area contributed by atoms with Gasteiger partial charge in [-0.05, 0) is 55.0 Å². The Hall–Kier alpha value is -4.13. The molecule has 1 aliphatic heterocycles.